The van der Waals surface area contributed by atoms with Crippen LogP contribution >= 0.6 is 11.8 Å². The molecule has 1 saturated heterocycles. The van der Waals surface area contributed by atoms with Gasteiger partial charge in [0.05, 0.1) is 13.3 Å². The van der Waals surface area contributed by atoms with Gasteiger partial charge in [0.15, 0.2) is 11.5 Å². The van der Waals surface area contributed by atoms with E-state index in [1.807, 2.05) is 30.0 Å². The van der Waals surface area contributed by atoms with E-state index in [2.05, 4.69) is 10.2 Å². The number of benzene rings is 1. The first-order valence-corrected chi connectivity index (χ1v) is 8.15. The van der Waals surface area contributed by atoms with Crippen LogP contribution in [0.15, 0.2) is 24.4 Å². The summed E-state index contributed by atoms with van der Waals surface area (Å²) in [5.41, 5.74) is 7.74. The molecule has 0 atom stereocenters. The fourth-order valence-electron chi connectivity index (χ4n) is 2.44. The van der Waals surface area contributed by atoms with Crippen LogP contribution in [0.25, 0.3) is 11.1 Å². The van der Waals surface area contributed by atoms with Crippen LogP contribution in [0.3, 0.4) is 0 Å². The van der Waals surface area contributed by atoms with Crippen LogP contribution < -0.4 is 15.2 Å². The number of nitrogens with one attached hydrogen (secondary N) is 1. The standard InChI is InChI=1S/C15H19N3O2S/c1-19-13-3-2-10(12-9-17-18-15(12)16)8-14(13)20-11-4-6-21-7-5-11/h2-3,8-9,11H,4-7H2,1H3,(H3,16,17,18). The summed E-state index contributed by atoms with van der Waals surface area (Å²) in [6.07, 6.45) is 4.13. The SMILES string of the molecule is COc1ccc(-c2cn[nH]c2N)cc1OC1CCSCC1. The Kier molecular flexibility index (Phi) is 4.24. The maximum Gasteiger partial charge on any atom is 0.162 e. The summed E-state index contributed by atoms with van der Waals surface area (Å²) >= 11 is 1.98. The van der Waals surface area contributed by atoms with Gasteiger partial charge in [0, 0.05) is 5.56 Å². The van der Waals surface area contributed by atoms with Crippen LogP contribution in [-0.2, 0) is 0 Å². The second kappa shape index (κ2) is 6.30. The molecule has 1 fully saturated rings. The molecule has 1 aliphatic rings. The summed E-state index contributed by atoms with van der Waals surface area (Å²) in [5.74, 6) is 4.38. The lowest BCUT2D eigenvalue weighted by Crippen LogP contribution is -2.22. The lowest BCUT2D eigenvalue weighted by atomic mass is 10.1. The number of hydrogen-bond acceptors (Lipinski definition) is 5. The summed E-state index contributed by atoms with van der Waals surface area (Å²) in [6.45, 7) is 0. The number of ether oxygens (including phenoxy) is 2. The third-order valence-electron chi connectivity index (χ3n) is 3.61. The number of anilines is 1. The molecule has 0 bridgehead atoms. The third kappa shape index (κ3) is 3.10. The van der Waals surface area contributed by atoms with E-state index < -0.39 is 0 Å². The molecule has 6 heteroatoms. The number of aromatic nitrogens is 2. The number of rotatable bonds is 4. The number of nitrogens with two attached hydrogens (primary N) is 1. The second-order valence-electron chi connectivity index (χ2n) is 4.99. The molecule has 0 aliphatic carbocycles. The van der Waals surface area contributed by atoms with Crippen molar-refractivity contribution >= 4 is 17.6 Å². The summed E-state index contributed by atoms with van der Waals surface area (Å²) in [6, 6.07) is 5.85. The zero-order valence-electron chi connectivity index (χ0n) is 12.0. The second-order valence-corrected chi connectivity index (χ2v) is 6.22. The first-order valence-electron chi connectivity index (χ1n) is 6.99. The minimum atomic E-state index is 0.261. The van der Waals surface area contributed by atoms with E-state index in [0.717, 1.165) is 47.0 Å². The zero-order valence-corrected chi connectivity index (χ0v) is 12.8. The average molecular weight is 305 g/mol. The quantitative estimate of drug-likeness (QED) is 0.908. The summed E-state index contributed by atoms with van der Waals surface area (Å²) in [4.78, 5) is 0. The summed E-state index contributed by atoms with van der Waals surface area (Å²) < 4.78 is 11.6. The van der Waals surface area contributed by atoms with Gasteiger partial charge in [-0.1, -0.05) is 6.07 Å². The maximum absolute atomic E-state index is 6.15. The van der Waals surface area contributed by atoms with Crippen molar-refractivity contribution < 1.29 is 9.47 Å². The first kappa shape index (κ1) is 14.1. The van der Waals surface area contributed by atoms with Crippen LogP contribution in [0.1, 0.15) is 12.8 Å². The van der Waals surface area contributed by atoms with Gasteiger partial charge in [-0.25, -0.2) is 0 Å². The summed E-state index contributed by atoms with van der Waals surface area (Å²) in [5, 5.41) is 6.71. The van der Waals surface area contributed by atoms with E-state index >= 15 is 0 Å². The van der Waals surface area contributed by atoms with Crippen molar-refractivity contribution in [3.63, 3.8) is 0 Å². The number of hydrogen-bond donors (Lipinski definition) is 2. The molecule has 1 aromatic carbocycles. The molecule has 1 aromatic heterocycles. The molecule has 0 unspecified atom stereocenters. The van der Waals surface area contributed by atoms with Crippen LogP contribution in [0.5, 0.6) is 11.5 Å². The predicted octanol–water partition coefficient (Wildman–Crippen LogP) is 2.94. The van der Waals surface area contributed by atoms with Gasteiger partial charge in [0.2, 0.25) is 0 Å². The monoisotopic (exact) mass is 305 g/mol. The molecule has 2 heterocycles. The van der Waals surface area contributed by atoms with Crippen molar-refractivity contribution in [1.29, 1.82) is 0 Å². The molecule has 0 amide bonds. The molecule has 112 valence electrons. The van der Waals surface area contributed by atoms with Gasteiger partial charge in [-0.15, -0.1) is 0 Å². The highest BCUT2D eigenvalue weighted by atomic mass is 32.2. The maximum atomic E-state index is 6.15. The highest BCUT2D eigenvalue weighted by Crippen LogP contribution is 2.35. The van der Waals surface area contributed by atoms with Gasteiger partial charge >= 0.3 is 0 Å². The largest absolute Gasteiger partial charge is 0.493 e. The van der Waals surface area contributed by atoms with Crippen LogP contribution in [0.4, 0.5) is 5.82 Å². The smallest absolute Gasteiger partial charge is 0.162 e. The van der Waals surface area contributed by atoms with Gasteiger partial charge in [-0.05, 0) is 42.0 Å². The molecule has 0 spiro atoms. The lowest BCUT2D eigenvalue weighted by molar-refractivity contribution is 0.184. The normalized spacial score (nSPS) is 15.9. The van der Waals surface area contributed by atoms with E-state index in [1.165, 1.54) is 0 Å². The van der Waals surface area contributed by atoms with Crippen LogP contribution in [0, 0.1) is 0 Å². The number of aromatic amines is 1. The Morgan fingerprint density at radius 1 is 1.29 bits per heavy atom. The van der Waals surface area contributed by atoms with Gasteiger partial charge in [0.25, 0.3) is 0 Å². The van der Waals surface area contributed by atoms with Crippen LogP contribution in [0.2, 0.25) is 0 Å². The third-order valence-corrected chi connectivity index (χ3v) is 4.65. The van der Waals surface area contributed by atoms with E-state index in [9.17, 15) is 0 Å². The van der Waals surface area contributed by atoms with Crippen molar-refractivity contribution in [1.82, 2.24) is 10.2 Å². The van der Waals surface area contributed by atoms with Gasteiger partial charge in [-0.2, -0.15) is 16.9 Å². The highest BCUT2D eigenvalue weighted by molar-refractivity contribution is 7.99. The average Bonchev–Trinajstić information content (AvgIpc) is 2.94. The van der Waals surface area contributed by atoms with E-state index in [4.69, 9.17) is 15.2 Å². The summed E-state index contributed by atoms with van der Waals surface area (Å²) in [7, 11) is 1.66. The van der Waals surface area contributed by atoms with Gasteiger partial charge in [0.1, 0.15) is 11.9 Å². The first-order chi connectivity index (χ1) is 10.3. The molecular weight excluding hydrogens is 286 g/mol. The number of thioether (sulfide) groups is 1. The molecule has 3 rings (SSSR count). The molecule has 21 heavy (non-hydrogen) atoms. The minimum absolute atomic E-state index is 0.261. The Labute approximate surface area is 128 Å². The minimum Gasteiger partial charge on any atom is -0.493 e. The van der Waals surface area contributed by atoms with Crippen LogP contribution in [-0.4, -0.2) is 34.9 Å². The number of nitrogen functional groups attached to an aromatic ring is 1. The van der Waals surface area contributed by atoms with Crippen molar-refractivity contribution in [2.75, 3.05) is 24.3 Å². The molecule has 1 aliphatic heterocycles. The Morgan fingerprint density at radius 3 is 2.76 bits per heavy atom. The van der Waals surface area contributed by atoms with Gasteiger partial charge < -0.3 is 15.2 Å². The molecule has 0 saturated carbocycles. The number of H-pyrrole nitrogens is 1. The molecular formula is C15H19N3O2S. The highest BCUT2D eigenvalue weighted by Gasteiger charge is 2.18. The van der Waals surface area contributed by atoms with Crippen molar-refractivity contribution in [3.8, 4) is 22.6 Å². The topological polar surface area (TPSA) is 73.2 Å². The Hall–Kier alpha value is -1.82. The lowest BCUT2D eigenvalue weighted by Gasteiger charge is -2.24. The Balaban J connectivity index is 1.88. The number of methoxy groups -OCH3 is 1. The van der Waals surface area contributed by atoms with Crippen molar-refractivity contribution in [2.45, 2.75) is 18.9 Å². The van der Waals surface area contributed by atoms with E-state index in [-0.39, 0.29) is 6.10 Å². The zero-order chi connectivity index (χ0) is 14.7. The fourth-order valence-corrected chi connectivity index (χ4v) is 3.50. The van der Waals surface area contributed by atoms with E-state index in [0.29, 0.717) is 5.82 Å². The fraction of sp³-hybridized carbons (Fsp3) is 0.400. The Bertz CT molecular complexity index is 609. The number of nitrogens with zero attached hydrogens (tertiary/aromatic N) is 1. The molecule has 3 N–H and O–H groups in total. The van der Waals surface area contributed by atoms with E-state index in [1.54, 1.807) is 13.3 Å². The predicted molar refractivity (Wildman–Crippen MR) is 86.0 cm³/mol. The van der Waals surface area contributed by atoms with Gasteiger partial charge in [-0.3, -0.25) is 5.10 Å². The molecule has 0 radical (unpaired) electrons. The Morgan fingerprint density at radius 2 is 2.10 bits per heavy atom. The van der Waals surface area contributed by atoms with Crippen molar-refractivity contribution in [2.24, 2.45) is 0 Å². The van der Waals surface area contributed by atoms with Crippen molar-refractivity contribution in [3.05, 3.63) is 24.4 Å². The molecule has 2 aromatic rings. The molecule has 5 nitrogen and oxygen atoms in total.